The average molecular weight is 1080 g/mol. The molecule has 4 nitrogen and oxygen atoms in total. The van der Waals surface area contributed by atoms with Crippen LogP contribution in [0.1, 0.15) is 380 Å². The van der Waals surface area contributed by atoms with Crippen LogP contribution in [0.15, 0.2) is 60.8 Å². The highest BCUT2D eigenvalue weighted by molar-refractivity contribution is 5.76. The number of aliphatic hydroxyl groups excluding tert-OH is 2. The van der Waals surface area contributed by atoms with Gasteiger partial charge in [-0.3, -0.25) is 4.79 Å². The van der Waals surface area contributed by atoms with Gasteiger partial charge in [-0.1, -0.05) is 364 Å². The molecule has 0 aromatic rings. The summed E-state index contributed by atoms with van der Waals surface area (Å²) in [6.45, 7) is 4.33. The van der Waals surface area contributed by atoms with E-state index in [-0.39, 0.29) is 12.5 Å². The third-order valence-corrected chi connectivity index (χ3v) is 16.2. The smallest absolute Gasteiger partial charge is 0.220 e. The van der Waals surface area contributed by atoms with Crippen molar-refractivity contribution in [3.05, 3.63) is 60.8 Å². The number of rotatable bonds is 65. The van der Waals surface area contributed by atoms with Crippen molar-refractivity contribution in [3.63, 3.8) is 0 Å². The molecule has 0 heterocycles. The minimum atomic E-state index is -0.865. The van der Waals surface area contributed by atoms with Gasteiger partial charge in [-0.15, -0.1) is 0 Å². The Hall–Kier alpha value is -1.91. The molecule has 2 unspecified atom stereocenters. The largest absolute Gasteiger partial charge is 0.394 e. The van der Waals surface area contributed by atoms with Gasteiger partial charge in [-0.25, -0.2) is 0 Å². The van der Waals surface area contributed by atoms with E-state index < -0.39 is 12.1 Å². The Morgan fingerprint density at radius 3 is 0.844 bits per heavy atom. The zero-order valence-corrected chi connectivity index (χ0v) is 52.2. The average Bonchev–Trinajstić information content (AvgIpc) is 3.43. The molecule has 77 heavy (non-hydrogen) atoms. The lowest BCUT2D eigenvalue weighted by Gasteiger charge is -2.19. The van der Waals surface area contributed by atoms with Gasteiger partial charge in [0.2, 0.25) is 5.91 Å². The number of unbranched alkanes of at least 4 members (excludes halogenated alkanes) is 50. The van der Waals surface area contributed by atoms with Crippen molar-refractivity contribution < 1.29 is 15.0 Å². The van der Waals surface area contributed by atoms with Crippen LogP contribution >= 0.6 is 0 Å². The van der Waals surface area contributed by atoms with Gasteiger partial charge in [0.05, 0.1) is 18.8 Å². The number of carbonyl (C=O) groups is 1. The molecule has 452 valence electrons. The summed E-state index contributed by atoms with van der Waals surface area (Å²) >= 11 is 0. The third kappa shape index (κ3) is 64.8. The van der Waals surface area contributed by atoms with Crippen molar-refractivity contribution in [1.29, 1.82) is 0 Å². The first kappa shape index (κ1) is 75.1. The highest BCUT2D eigenvalue weighted by Gasteiger charge is 2.18. The first-order chi connectivity index (χ1) is 38.2. The van der Waals surface area contributed by atoms with Gasteiger partial charge in [0.1, 0.15) is 0 Å². The molecule has 0 bridgehead atoms. The summed E-state index contributed by atoms with van der Waals surface area (Å²) in [5.74, 6) is -0.0678. The molecule has 0 aliphatic carbocycles. The van der Waals surface area contributed by atoms with Gasteiger partial charge in [-0.05, 0) is 70.6 Å². The molecule has 0 radical (unpaired) electrons. The lowest BCUT2D eigenvalue weighted by Crippen LogP contribution is -2.45. The Balaban J connectivity index is 3.46. The molecule has 0 aliphatic rings. The van der Waals surface area contributed by atoms with E-state index in [1.54, 1.807) is 6.08 Å². The van der Waals surface area contributed by atoms with Crippen molar-refractivity contribution in [3.8, 4) is 0 Å². The Morgan fingerprint density at radius 1 is 0.312 bits per heavy atom. The van der Waals surface area contributed by atoms with Gasteiger partial charge in [0.25, 0.3) is 0 Å². The summed E-state index contributed by atoms with van der Waals surface area (Å²) < 4.78 is 0. The highest BCUT2D eigenvalue weighted by Crippen LogP contribution is 2.18. The number of aliphatic hydroxyl groups is 2. The van der Waals surface area contributed by atoms with Crippen LogP contribution in [0.2, 0.25) is 0 Å². The molecule has 3 N–H and O–H groups in total. The summed E-state index contributed by atoms with van der Waals surface area (Å²) in [4.78, 5) is 12.5. The second-order valence-corrected chi connectivity index (χ2v) is 23.9. The molecule has 0 rings (SSSR count). The second kappa shape index (κ2) is 68.4. The zero-order valence-electron chi connectivity index (χ0n) is 52.2. The van der Waals surface area contributed by atoms with Crippen LogP contribution in [0.25, 0.3) is 0 Å². The van der Waals surface area contributed by atoms with E-state index in [2.05, 4.69) is 67.8 Å². The van der Waals surface area contributed by atoms with E-state index in [9.17, 15) is 15.0 Å². The molecule has 2 atom stereocenters. The van der Waals surface area contributed by atoms with Crippen molar-refractivity contribution in [2.45, 2.75) is 392 Å². The van der Waals surface area contributed by atoms with Crippen LogP contribution in [-0.4, -0.2) is 34.9 Å². The third-order valence-electron chi connectivity index (χ3n) is 16.2. The molecule has 1 amide bonds. The van der Waals surface area contributed by atoms with E-state index in [1.807, 2.05) is 6.08 Å². The normalized spacial score (nSPS) is 13.0. The second-order valence-electron chi connectivity index (χ2n) is 23.9. The van der Waals surface area contributed by atoms with Gasteiger partial charge >= 0.3 is 0 Å². The van der Waals surface area contributed by atoms with Crippen LogP contribution in [-0.2, 0) is 4.79 Å². The lowest BCUT2D eigenvalue weighted by atomic mass is 10.0. The van der Waals surface area contributed by atoms with E-state index in [1.165, 1.54) is 315 Å². The maximum atomic E-state index is 12.5. The van der Waals surface area contributed by atoms with E-state index in [4.69, 9.17) is 0 Å². The fourth-order valence-electron chi connectivity index (χ4n) is 10.9. The Bertz CT molecular complexity index is 1270. The van der Waals surface area contributed by atoms with Crippen molar-refractivity contribution in [2.24, 2.45) is 0 Å². The van der Waals surface area contributed by atoms with Crippen molar-refractivity contribution in [1.82, 2.24) is 5.32 Å². The summed E-state index contributed by atoms with van der Waals surface area (Å²) in [5, 5.41) is 23.3. The summed E-state index contributed by atoms with van der Waals surface area (Å²) in [6, 6.07) is -0.642. The molecule has 4 heteroatoms. The topological polar surface area (TPSA) is 69.6 Å². The Labute approximate surface area is 483 Å². The zero-order chi connectivity index (χ0) is 55.5. The van der Waals surface area contributed by atoms with E-state index in [0.29, 0.717) is 6.42 Å². The Kier molecular flexibility index (Phi) is 66.7. The summed E-state index contributed by atoms with van der Waals surface area (Å²) in [7, 11) is 0. The standard InChI is InChI=1S/C73H137NO3/c1-3-5-7-9-11-13-15-17-19-21-23-25-27-29-31-33-35-36-37-38-39-41-43-45-47-49-51-53-55-57-59-61-63-65-67-69-73(77)74-71(70-75)72(76)68-66-64-62-60-58-56-54-52-50-48-46-44-42-40-34-32-30-28-26-24-22-20-18-16-14-12-10-8-6-4-2/h15,17,21,23,27,29,58,60,66,68,71-72,75-76H,3-14,16,18-20,22,24-26,28,30-57,59,61-65,67,69-70H2,1-2H3,(H,74,77)/b17-15-,23-21-,29-27-,60-58+,68-66+. The van der Waals surface area contributed by atoms with Crippen LogP contribution in [0, 0.1) is 0 Å². The van der Waals surface area contributed by atoms with E-state index in [0.717, 1.165) is 44.9 Å². The van der Waals surface area contributed by atoms with Crippen molar-refractivity contribution >= 4 is 5.91 Å². The van der Waals surface area contributed by atoms with E-state index >= 15 is 0 Å². The molecule has 0 saturated carbocycles. The van der Waals surface area contributed by atoms with Crippen LogP contribution in [0.4, 0.5) is 0 Å². The molecule has 0 spiro atoms. The number of amides is 1. The van der Waals surface area contributed by atoms with Gasteiger partial charge < -0.3 is 15.5 Å². The number of hydrogen-bond donors (Lipinski definition) is 3. The maximum absolute atomic E-state index is 12.5. The summed E-state index contributed by atoms with van der Waals surface area (Å²) in [6.07, 6.45) is 97.4. The molecule has 0 saturated heterocycles. The van der Waals surface area contributed by atoms with Gasteiger partial charge in [0, 0.05) is 6.42 Å². The molecular weight excluding hydrogens is 939 g/mol. The monoisotopic (exact) mass is 1080 g/mol. The molecule has 0 fully saturated rings. The minimum absolute atomic E-state index is 0.0678. The number of hydrogen-bond acceptors (Lipinski definition) is 3. The van der Waals surface area contributed by atoms with Gasteiger partial charge in [0.15, 0.2) is 0 Å². The fourth-order valence-corrected chi connectivity index (χ4v) is 10.9. The number of carbonyl (C=O) groups excluding carboxylic acids is 1. The van der Waals surface area contributed by atoms with Crippen LogP contribution in [0.5, 0.6) is 0 Å². The Morgan fingerprint density at radius 2 is 0.545 bits per heavy atom. The SMILES string of the molecule is CCCCCCC/C=C\C/C=C\C/C=C\CCCCCCCCCCCCCCCCCCCCCCC(=O)NC(CO)C(O)/C=C/CC/C=C/CCCCCCCCCCCCCCCCCCCCCCCCCC. The van der Waals surface area contributed by atoms with Crippen LogP contribution < -0.4 is 5.32 Å². The van der Waals surface area contributed by atoms with Crippen LogP contribution in [0.3, 0.4) is 0 Å². The van der Waals surface area contributed by atoms with Gasteiger partial charge in [-0.2, -0.15) is 0 Å². The first-order valence-corrected chi connectivity index (χ1v) is 35.0. The summed E-state index contributed by atoms with van der Waals surface area (Å²) in [5.41, 5.74) is 0. The first-order valence-electron chi connectivity index (χ1n) is 35.0. The number of nitrogens with one attached hydrogen (secondary N) is 1. The molecular formula is C73H137NO3. The molecule has 0 aromatic heterocycles. The predicted octanol–water partition coefficient (Wildman–Crippen LogP) is 23.9. The highest BCUT2D eigenvalue weighted by atomic mass is 16.3. The molecule has 0 aromatic carbocycles. The quantitative estimate of drug-likeness (QED) is 0.0420. The minimum Gasteiger partial charge on any atom is -0.394 e. The lowest BCUT2D eigenvalue weighted by molar-refractivity contribution is -0.123. The maximum Gasteiger partial charge on any atom is 0.220 e. The number of allylic oxidation sites excluding steroid dienone is 9. The molecule has 0 aliphatic heterocycles. The van der Waals surface area contributed by atoms with Crippen molar-refractivity contribution in [2.75, 3.05) is 6.61 Å². The predicted molar refractivity (Wildman–Crippen MR) is 345 cm³/mol. The fraction of sp³-hybridized carbons (Fsp3) is 0.849.